The summed E-state index contributed by atoms with van der Waals surface area (Å²) in [6.45, 7) is 6.56. The molecule has 1 aromatic heterocycles. The second kappa shape index (κ2) is 7.60. The molecule has 1 aliphatic heterocycles. The molecule has 4 rings (SSSR count). The molecule has 2 aromatic carbocycles. The summed E-state index contributed by atoms with van der Waals surface area (Å²) >= 11 is 0. The molecule has 136 valence electrons. The van der Waals surface area contributed by atoms with Gasteiger partial charge >= 0.3 is 0 Å². The third-order valence-electron chi connectivity index (χ3n) is 4.89. The Labute approximate surface area is 159 Å². The normalized spacial score (nSPS) is 14.9. The van der Waals surface area contributed by atoms with E-state index in [1.54, 1.807) is 4.80 Å². The third kappa shape index (κ3) is 3.83. The molecule has 0 radical (unpaired) electrons. The highest BCUT2D eigenvalue weighted by Crippen LogP contribution is 2.20. The number of nitriles is 1. The maximum absolute atomic E-state index is 9.50. The lowest BCUT2D eigenvalue weighted by molar-refractivity contribution is 0.249. The van der Waals surface area contributed by atoms with Gasteiger partial charge in [0.2, 0.25) is 5.69 Å². The zero-order valence-electron chi connectivity index (χ0n) is 15.4. The average molecular weight is 358 g/mol. The summed E-state index contributed by atoms with van der Waals surface area (Å²) in [7, 11) is 0. The summed E-state index contributed by atoms with van der Waals surface area (Å²) < 4.78 is 0. The molecule has 0 bridgehead atoms. The Balaban J connectivity index is 1.46. The molecule has 6 heteroatoms. The molecule has 0 saturated carbocycles. The number of nitrogens with zero attached hydrogens (tertiary/aromatic N) is 6. The topological polar surface area (TPSA) is 61.0 Å². The SMILES string of the molecule is Cc1ccc(-n2nc(C#N)c(N3CCN(Cc4ccccc4)CC3)n2)cc1. The molecule has 0 spiro atoms. The van der Waals surface area contributed by atoms with Gasteiger partial charge in [-0.3, -0.25) is 4.90 Å². The van der Waals surface area contributed by atoms with Crippen molar-refractivity contribution in [3.8, 4) is 11.8 Å². The van der Waals surface area contributed by atoms with Gasteiger partial charge in [0.25, 0.3) is 0 Å². The quantitative estimate of drug-likeness (QED) is 0.718. The lowest BCUT2D eigenvalue weighted by atomic mass is 10.2. The Hall–Kier alpha value is -3.17. The van der Waals surface area contributed by atoms with Crippen LogP contribution < -0.4 is 4.90 Å². The number of anilines is 1. The van der Waals surface area contributed by atoms with Crippen molar-refractivity contribution >= 4 is 5.82 Å². The van der Waals surface area contributed by atoms with Gasteiger partial charge in [0.15, 0.2) is 5.82 Å². The number of rotatable bonds is 4. The van der Waals surface area contributed by atoms with Crippen LogP contribution in [0.2, 0.25) is 0 Å². The molecule has 0 amide bonds. The zero-order chi connectivity index (χ0) is 18.6. The van der Waals surface area contributed by atoms with E-state index in [0.29, 0.717) is 11.5 Å². The molecule has 2 heterocycles. The largest absolute Gasteiger partial charge is 0.350 e. The molecular formula is C21H22N6. The number of hydrogen-bond donors (Lipinski definition) is 0. The van der Waals surface area contributed by atoms with Crippen LogP contribution in [0, 0.1) is 18.3 Å². The predicted molar refractivity (Wildman–Crippen MR) is 105 cm³/mol. The Kier molecular flexibility index (Phi) is 4.86. The van der Waals surface area contributed by atoms with Gasteiger partial charge in [0.05, 0.1) is 5.69 Å². The van der Waals surface area contributed by atoms with E-state index in [4.69, 9.17) is 0 Å². The molecule has 0 N–H and O–H groups in total. The van der Waals surface area contributed by atoms with Crippen LogP contribution in [0.15, 0.2) is 54.6 Å². The number of hydrogen-bond acceptors (Lipinski definition) is 5. The maximum atomic E-state index is 9.50. The van der Waals surface area contributed by atoms with Crippen LogP contribution in [-0.4, -0.2) is 46.1 Å². The van der Waals surface area contributed by atoms with E-state index >= 15 is 0 Å². The predicted octanol–water partition coefficient (Wildman–Crippen LogP) is 2.77. The van der Waals surface area contributed by atoms with Gasteiger partial charge < -0.3 is 4.90 Å². The second-order valence-corrected chi connectivity index (χ2v) is 6.86. The maximum Gasteiger partial charge on any atom is 0.207 e. The van der Waals surface area contributed by atoms with Crippen LogP contribution in [0.5, 0.6) is 0 Å². The molecule has 1 aliphatic rings. The minimum Gasteiger partial charge on any atom is -0.350 e. The fourth-order valence-corrected chi connectivity index (χ4v) is 3.34. The lowest BCUT2D eigenvalue weighted by Gasteiger charge is -2.34. The van der Waals surface area contributed by atoms with Crippen LogP contribution in [-0.2, 0) is 6.54 Å². The van der Waals surface area contributed by atoms with E-state index in [2.05, 4.69) is 50.3 Å². The van der Waals surface area contributed by atoms with Crippen molar-refractivity contribution in [1.29, 1.82) is 5.26 Å². The van der Waals surface area contributed by atoms with E-state index in [0.717, 1.165) is 38.4 Å². The highest BCUT2D eigenvalue weighted by Gasteiger charge is 2.23. The minimum absolute atomic E-state index is 0.382. The van der Waals surface area contributed by atoms with Crippen molar-refractivity contribution < 1.29 is 0 Å². The second-order valence-electron chi connectivity index (χ2n) is 6.86. The van der Waals surface area contributed by atoms with E-state index < -0.39 is 0 Å². The monoisotopic (exact) mass is 358 g/mol. The highest BCUT2D eigenvalue weighted by molar-refractivity contribution is 5.50. The summed E-state index contributed by atoms with van der Waals surface area (Å²) in [5.74, 6) is 0.678. The van der Waals surface area contributed by atoms with E-state index in [1.807, 2.05) is 37.3 Å². The highest BCUT2D eigenvalue weighted by atomic mass is 15.5. The minimum atomic E-state index is 0.382. The first-order valence-electron chi connectivity index (χ1n) is 9.18. The van der Waals surface area contributed by atoms with Crippen molar-refractivity contribution in [3.05, 3.63) is 71.4 Å². The number of benzene rings is 2. The Morgan fingerprint density at radius 1 is 0.926 bits per heavy atom. The van der Waals surface area contributed by atoms with Crippen molar-refractivity contribution in [2.75, 3.05) is 31.1 Å². The van der Waals surface area contributed by atoms with Gasteiger partial charge in [-0.2, -0.15) is 5.26 Å². The fraction of sp³-hybridized carbons (Fsp3) is 0.286. The molecule has 0 unspecified atom stereocenters. The molecule has 6 nitrogen and oxygen atoms in total. The summed E-state index contributed by atoms with van der Waals surface area (Å²) in [4.78, 5) is 6.16. The standard InChI is InChI=1S/C21H22N6/c1-17-7-9-19(10-8-17)27-23-20(15-22)21(24-27)26-13-11-25(12-14-26)16-18-5-3-2-4-6-18/h2-10H,11-14,16H2,1H3. The van der Waals surface area contributed by atoms with Crippen molar-refractivity contribution in [3.63, 3.8) is 0 Å². The smallest absolute Gasteiger partial charge is 0.207 e. The van der Waals surface area contributed by atoms with E-state index in [1.165, 1.54) is 11.1 Å². The Bertz CT molecular complexity index is 931. The van der Waals surface area contributed by atoms with Gasteiger partial charge in [-0.25, -0.2) is 0 Å². The molecule has 1 saturated heterocycles. The van der Waals surface area contributed by atoms with Gasteiger partial charge in [-0.15, -0.1) is 15.0 Å². The summed E-state index contributed by atoms with van der Waals surface area (Å²) in [6.07, 6.45) is 0. The van der Waals surface area contributed by atoms with E-state index in [9.17, 15) is 5.26 Å². The van der Waals surface area contributed by atoms with Gasteiger partial charge in [-0.05, 0) is 24.6 Å². The van der Waals surface area contributed by atoms with E-state index in [-0.39, 0.29) is 0 Å². The number of aryl methyl sites for hydroxylation is 1. The molecule has 0 aliphatic carbocycles. The van der Waals surface area contributed by atoms with Gasteiger partial charge in [0, 0.05) is 32.7 Å². The van der Waals surface area contributed by atoms with Crippen molar-refractivity contribution in [2.24, 2.45) is 0 Å². The fourth-order valence-electron chi connectivity index (χ4n) is 3.34. The summed E-state index contributed by atoms with van der Waals surface area (Å²) in [5.41, 5.74) is 3.76. The molecule has 1 fully saturated rings. The summed E-state index contributed by atoms with van der Waals surface area (Å²) in [5, 5.41) is 18.5. The molecule has 0 atom stereocenters. The van der Waals surface area contributed by atoms with Crippen molar-refractivity contribution in [2.45, 2.75) is 13.5 Å². The number of piperazine rings is 1. The number of aromatic nitrogens is 3. The van der Waals surface area contributed by atoms with Crippen molar-refractivity contribution in [1.82, 2.24) is 19.9 Å². The Morgan fingerprint density at radius 3 is 2.30 bits per heavy atom. The first kappa shape index (κ1) is 17.3. The van der Waals surface area contributed by atoms with Crippen LogP contribution in [0.4, 0.5) is 5.82 Å². The molecule has 27 heavy (non-hydrogen) atoms. The van der Waals surface area contributed by atoms with Crippen LogP contribution in [0.1, 0.15) is 16.8 Å². The molecule has 3 aromatic rings. The third-order valence-corrected chi connectivity index (χ3v) is 4.89. The molecular weight excluding hydrogens is 336 g/mol. The van der Waals surface area contributed by atoms with Crippen LogP contribution >= 0.6 is 0 Å². The first-order chi connectivity index (χ1) is 13.2. The zero-order valence-corrected chi connectivity index (χ0v) is 15.4. The lowest BCUT2D eigenvalue weighted by Crippen LogP contribution is -2.46. The Morgan fingerprint density at radius 2 is 1.63 bits per heavy atom. The van der Waals surface area contributed by atoms with Gasteiger partial charge in [-0.1, -0.05) is 48.0 Å². The first-order valence-corrected chi connectivity index (χ1v) is 9.18. The van der Waals surface area contributed by atoms with Gasteiger partial charge in [0.1, 0.15) is 6.07 Å². The van der Waals surface area contributed by atoms with Crippen LogP contribution in [0.25, 0.3) is 5.69 Å². The summed E-state index contributed by atoms with van der Waals surface area (Å²) in [6, 6.07) is 20.7. The average Bonchev–Trinajstić information content (AvgIpc) is 3.14. The van der Waals surface area contributed by atoms with Crippen LogP contribution in [0.3, 0.4) is 0 Å².